The highest BCUT2D eigenvalue weighted by molar-refractivity contribution is 7.16. The molecule has 0 aliphatic carbocycles. The van der Waals surface area contributed by atoms with E-state index >= 15 is 0 Å². The van der Waals surface area contributed by atoms with Crippen molar-refractivity contribution < 1.29 is 9.53 Å². The summed E-state index contributed by atoms with van der Waals surface area (Å²) in [6.45, 7) is 1.98. The topological polar surface area (TPSA) is 97.0 Å². The van der Waals surface area contributed by atoms with Crippen LogP contribution in [0.15, 0.2) is 53.3 Å². The third-order valence-electron chi connectivity index (χ3n) is 4.89. The minimum absolute atomic E-state index is 0.113. The van der Waals surface area contributed by atoms with E-state index in [1.54, 1.807) is 13.2 Å². The first-order valence-electron chi connectivity index (χ1n) is 9.93. The van der Waals surface area contributed by atoms with E-state index in [1.807, 2.05) is 49.4 Å². The zero-order valence-corrected chi connectivity index (χ0v) is 18.1. The number of rotatable bonds is 7. The van der Waals surface area contributed by atoms with Crippen LogP contribution in [0.25, 0.3) is 22.2 Å². The standard InChI is InChI=1S/C23H22N4O3S/c1-14-21(15-10-12-16(30-2)13-11-15)27-23(31-14)26-20(28)9-5-8-19-24-18-7-4-3-6-17(18)22(29)25-19/h3-4,6-7,10-13H,5,8-9H2,1-2H3,(H,24,25,29)(H,26,27,28). The maximum atomic E-state index is 12.4. The number of amides is 1. The number of ether oxygens (including phenoxy) is 1. The molecule has 4 rings (SSSR count). The van der Waals surface area contributed by atoms with Crippen molar-refractivity contribution >= 4 is 33.3 Å². The number of H-pyrrole nitrogens is 1. The molecule has 0 aliphatic rings. The van der Waals surface area contributed by atoms with E-state index in [2.05, 4.69) is 20.3 Å². The molecule has 0 radical (unpaired) electrons. The molecule has 0 atom stereocenters. The molecule has 0 aliphatic heterocycles. The molecular formula is C23H22N4O3S. The highest BCUT2D eigenvalue weighted by Crippen LogP contribution is 2.31. The van der Waals surface area contributed by atoms with Crippen molar-refractivity contribution in [2.24, 2.45) is 0 Å². The van der Waals surface area contributed by atoms with Crippen LogP contribution in [-0.4, -0.2) is 28.0 Å². The number of carbonyl (C=O) groups excluding carboxylic acids is 1. The largest absolute Gasteiger partial charge is 0.497 e. The van der Waals surface area contributed by atoms with Gasteiger partial charge in [0.1, 0.15) is 11.6 Å². The summed E-state index contributed by atoms with van der Waals surface area (Å²) in [4.78, 5) is 37.4. The first-order chi connectivity index (χ1) is 15.0. The van der Waals surface area contributed by atoms with E-state index in [4.69, 9.17) is 4.74 Å². The van der Waals surface area contributed by atoms with Crippen molar-refractivity contribution in [2.45, 2.75) is 26.2 Å². The molecule has 0 bridgehead atoms. The molecule has 31 heavy (non-hydrogen) atoms. The predicted octanol–water partition coefficient (Wildman–Crippen LogP) is 4.33. The van der Waals surface area contributed by atoms with Gasteiger partial charge in [-0.05, 0) is 49.7 Å². The first-order valence-corrected chi connectivity index (χ1v) is 10.7. The van der Waals surface area contributed by atoms with Crippen molar-refractivity contribution in [3.05, 3.63) is 69.6 Å². The summed E-state index contributed by atoms with van der Waals surface area (Å²) in [6, 6.07) is 14.9. The summed E-state index contributed by atoms with van der Waals surface area (Å²) in [5.74, 6) is 1.26. The van der Waals surface area contributed by atoms with Crippen LogP contribution in [0.4, 0.5) is 5.13 Å². The van der Waals surface area contributed by atoms with Gasteiger partial charge in [-0.25, -0.2) is 9.97 Å². The lowest BCUT2D eigenvalue weighted by atomic mass is 10.1. The van der Waals surface area contributed by atoms with E-state index in [-0.39, 0.29) is 11.5 Å². The smallest absolute Gasteiger partial charge is 0.258 e. The summed E-state index contributed by atoms with van der Waals surface area (Å²) in [5, 5.41) is 4.01. The van der Waals surface area contributed by atoms with Crippen molar-refractivity contribution in [3.8, 4) is 17.0 Å². The molecule has 2 heterocycles. The van der Waals surface area contributed by atoms with Gasteiger partial charge in [0.25, 0.3) is 5.56 Å². The number of methoxy groups -OCH3 is 1. The van der Waals surface area contributed by atoms with E-state index in [0.29, 0.717) is 41.1 Å². The zero-order chi connectivity index (χ0) is 21.8. The molecule has 0 fully saturated rings. The summed E-state index contributed by atoms with van der Waals surface area (Å²) in [5.41, 5.74) is 2.33. The van der Waals surface area contributed by atoms with Crippen LogP contribution in [0.2, 0.25) is 0 Å². The number of aromatic nitrogens is 3. The highest BCUT2D eigenvalue weighted by Gasteiger charge is 2.13. The molecule has 0 saturated heterocycles. The SMILES string of the molecule is COc1ccc(-c2nc(NC(=O)CCCc3nc4ccccc4c(=O)[nH]3)sc2C)cc1. The number of thiazole rings is 1. The third-order valence-corrected chi connectivity index (χ3v) is 5.77. The van der Waals surface area contributed by atoms with Gasteiger partial charge in [0.2, 0.25) is 5.91 Å². The highest BCUT2D eigenvalue weighted by atomic mass is 32.1. The Morgan fingerprint density at radius 1 is 1.13 bits per heavy atom. The Balaban J connectivity index is 1.35. The van der Waals surface area contributed by atoms with Crippen molar-refractivity contribution in [1.82, 2.24) is 15.0 Å². The lowest BCUT2D eigenvalue weighted by molar-refractivity contribution is -0.116. The van der Waals surface area contributed by atoms with Crippen LogP contribution in [0, 0.1) is 6.92 Å². The summed E-state index contributed by atoms with van der Waals surface area (Å²) in [7, 11) is 1.63. The number of para-hydroxylation sites is 1. The molecule has 4 aromatic rings. The second kappa shape index (κ2) is 9.09. The van der Waals surface area contributed by atoms with E-state index < -0.39 is 0 Å². The minimum atomic E-state index is -0.158. The Morgan fingerprint density at radius 3 is 2.68 bits per heavy atom. The van der Waals surface area contributed by atoms with Crippen molar-refractivity contribution in [2.75, 3.05) is 12.4 Å². The Hall–Kier alpha value is -3.52. The molecule has 158 valence electrons. The van der Waals surface area contributed by atoms with Gasteiger partial charge in [-0.15, -0.1) is 11.3 Å². The number of anilines is 1. The Morgan fingerprint density at radius 2 is 1.90 bits per heavy atom. The predicted molar refractivity (Wildman–Crippen MR) is 123 cm³/mol. The molecule has 0 spiro atoms. The van der Waals surface area contributed by atoms with Crippen LogP contribution < -0.4 is 15.6 Å². The van der Waals surface area contributed by atoms with Gasteiger partial charge in [-0.2, -0.15) is 0 Å². The van der Waals surface area contributed by atoms with Gasteiger partial charge in [0.15, 0.2) is 5.13 Å². The molecule has 2 N–H and O–H groups in total. The van der Waals surface area contributed by atoms with Crippen LogP contribution in [0.3, 0.4) is 0 Å². The van der Waals surface area contributed by atoms with Crippen molar-refractivity contribution in [3.63, 3.8) is 0 Å². The molecule has 7 nitrogen and oxygen atoms in total. The van der Waals surface area contributed by atoms with E-state index in [9.17, 15) is 9.59 Å². The van der Waals surface area contributed by atoms with Gasteiger partial charge >= 0.3 is 0 Å². The number of fused-ring (bicyclic) bond motifs is 1. The minimum Gasteiger partial charge on any atom is -0.497 e. The average molecular weight is 435 g/mol. The van der Waals surface area contributed by atoms with Gasteiger partial charge < -0.3 is 15.0 Å². The number of benzene rings is 2. The normalized spacial score (nSPS) is 10.9. The lowest BCUT2D eigenvalue weighted by Crippen LogP contribution is -2.14. The van der Waals surface area contributed by atoms with Crippen LogP contribution in [-0.2, 0) is 11.2 Å². The van der Waals surface area contributed by atoms with Gasteiger partial charge in [0.05, 0.1) is 23.7 Å². The van der Waals surface area contributed by atoms with Crippen LogP contribution in [0.1, 0.15) is 23.5 Å². The summed E-state index contributed by atoms with van der Waals surface area (Å²) >= 11 is 1.45. The summed E-state index contributed by atoms with van der Waals surface area (Å²) < 4.78 is 5.19. The quantitative estimate of drug-likeness (QED) is 0.451. The first kappa shape index (κ1) is 20.7. The second-order valence-electron chi connectivity index (χ2n) is 7.08. The Labute approximate surface area is 183 Å². The maximum Gasteiger partial charge on any atom is 0.258 e. The Bertz CT molecular complexity index is 1280. The van der Waals surface area contributed by atoms with Gasteiger partial charge in [-0.1, -0.05) is 12.1 Å². The third kappa shape index (κ3) is 4.80. The Kier molecular flexibility index (Phi) is 6.08. The molecular weight excluding hydrogens is 412 g/mol. The molecule has 2 aromatic carbocycles. The number of hydrogen-bond donors (Lipinski definition) is 2. The fraction of sp³-hybridized carbons (Fsp3) is 0.217. The molecule has 2 aromatic heterocycles. The maximum absolute atomic E-state index is 12.4. The molecule has 8 heteroatoms. The van der Waals surface area contributed by atoms with Crippen LogP contribution >= 0.6 is 11.3 Å². The van der Waals surface area contributed by atoms with Crippen molar-refractivity contribution in [1.29, 1.82) is 0 Å². The zero-order valence-electron chi connectivity index (χ0n) is 17.3. The average Bonchev–Trinajstić information content (AvgIpc) is 3.13. The molecule has 0 saturated carbocycles. The number of nitrogens with zero attached hydrogens (tertiary/aromatic N) is 2. The fourth-order valence-corrected chi connectivity index (χ4v) is 4.17. The summed E-state index contributed by atoms with van der Waals surface area (Å²) in [6.07, 6.45) is 1.40. The van der Waals surface area contributed by atoms with Crippen LogP contribution in [0.5, 0.6) is 5.75 Å². The van der Waals surface area contributed by atoms with E-state index in [0.717, 1.165) is 21.9 Å². The molecule has 1 amide bonds. The van der Waals surface area contributed by atoms with Gasteiger partial charge in [-0.3, -0.25) is 9.59 Å². The van der Waals surface area contributed by atoms with E-state index in [1.165, 1.54) is 11.3 Å². The number of aryl methyl sites for hydroxylation is 2. The number of carbonyl (C=O) groups is 1. The number of nitrogens with one attached hydrogen (secondary N) is 2. The second-order valence-corrected chi connectivity index (χ2v) is 8.29. The molecule has 0 unspecified atom stereocenters. The van der Waals surface area contributed by atoms with Gasteiger partial charge in [0, 0.05) is 23.3 Å². The number of aromatic amines is 1. The lowest BCUT2D eigenvalue weighted by Gasteiger charge is -2.04. The fourth-order valence-electron chi connectivity index (χ4n) is 3.32. The monoisotopic (exact) mass is 434 g/mol. The number of hydrogen-bond acceptors (Lipinski definition) is 6.